The van der Waals surface area contributed by atoms with Crippen molar-refractivity contribution in [2.24, 2.45) is 0 Å². The number of halogens is 1. The fourth-order valence-corrected chi connectivity index (χ4v) is 3.36. The van der Waals surface area contributed by atoms with Crippen LogP contribution in [0.1, 0.15) is 26.3 Å². The number of hydrogen-bond acceptors (Lipinski definition) is 6. The molecule has 31 heavy (non-hydrogen) atoms. The first kappa shape index (κ1) is 22.3. The summed E-state index contributed by atoms with van der Waals surface area (Å²) in [5, 5.41) is 12.8. The molecule has 0 radical (unpaired) electrons. The number of carbonyl (C=O) groups excluding carboxylic acids is 2. The number of thioether (sulfide) groups is 1. The number of para-hydroxylation sites is 1. The van der Waals surface area contributed by atoms with Crippen LogP contribution in [0, 0.1) is 5.82 Å². The largest absolute Gasteiger partial charge is 0.335 e. The number of rotatable bonds is 5. The summed E-state index contributed by atoms with van der Waals surface area (Å²) in [7, 11) is 0. The van der Waals surface area contributed by atoms with Gasteiger partial charge in [0.2, 0.25) is 11.1 Å². The van der Waals surface area contributed by atoms with Gasteiger partial charge in [-0.1, -0.05) is 68.9 Å². The van der Waals surface area contributed by atoms with Crippen LogP contribution in [-0.4, -0.2) is 32.6 Å². The molecule has 4 N–H and O–H groups in total. The summed E-state index contributed by atoms with van der Waals surface area (Å²) in [6.07, 6.45) is 0. The van der Waals surface area contributed by atoms with E-state index in [0.717, 1.165) is 17.3 Å². The minimum atomic E-state index is -0.829. The molecule has 3 aromatic rings. The molecule has 3 amide bonds. The first-order valence-corrected chi connectivity index (χ1v) is 10.4. The first-order chi connectivity index (χ1) is 14.6. The van der Waals surface area contributed by atoms with Crippen molar-refractivity contribution in [3.05, 3.63) is 59.9 Å². The van der Waals surface area contributed by atoms with Crippen LogP contribution in [0.2, 0.25) is 0 Å². The third-order valence-corrected chi connectivity index (χ3v) is 5.32. The molecule has 3 rings (SSSR count). The van der Waals surface area contributed by atoms with E-state index in [2.05, 4.69) is 41.6 Å². The van der Waals surface area contributed by atoms with Crippen molar-refractivity contribution in [2.45, 2.75) is 31.3 Å². The molecule has 10 heteroatoms. The Kier molecular flexibility index (Phi) is 6.59. The van der Waals surface area contributed by atoms with E-state index in [-0.39, 0.29) is 16.9 Å². The minimum absolute atomic E-state index is 0.0238. The summed E-state index contributed by atoms with van der Waals surface area (Å²) >= 11 is 1.03. The van der Waals surface area contributed by atoms with Gasteiger partial charge in [0.25, 0.3) is 0 Å². The quantitative estimate of drug-likeness (QED) is 0.411. The molecule has 2 aromatic carbocycles. The highest BCUT2D eigenvalue weighted by Crippen LogP contribution is 2.26. The molecule has 0 unspecified atom stereocenters. The van der Waals surface area contributed by atoms with Crippen LogP contribution in [0.25, 0.3) is 11.4 Å². The Morgan fingerprint density at radius 3 is 2.42 bits per heavy atom. The lowest BCUT2D eigenvalue weighted by atomic mass is 9.87. The van der Waals surface area contributed by atoms with Gasteiger partial charge in [-0.05, 0) is 23.1 Å². The number of nitrogens with one attached hydrogen (secondary N) is 2. The van der Waals surface area contributed by atoms with Gasteiger partial charge in [0.05, 0.1) is 11.4 Å². The third-order valence-electron chi connectivity index (χ3n) is 4.38. The van der Waals surface area contributed by atoms with Crippen LogP contribution in [0.3, 0.4) is 0 Å². The van der Waals surface area contributed by atoms with E-state index in [9.17, 15) is 14.0 Å². The Morgan fingerprint density at radius 2 is 1.77 bits per heavy atom. The molecule has 162 valence electrons. The van der Waals surface area contributed by atoms with Crippen molar-refractivity contribution in [3.8, 4) is 11.4 Å². The van der Waals surface area contributed by atoms with Crippen LogP contribution in [0.15, 0.2) is 53.7 Å². The number of hydrogen-bond donors (Lipinski definition) is 3. The summed E-state index contributed by atoms with van der Waals surface area (Å²) in [5.41, 5.74) is 1.98. The molecule has 8 nitrogen and oxygen atoms in total. The van der Waals surface area contributed by atoms with Gasteiger partial charge in [-0.2, -0.15) is 0 Å². The maximum atomic E-state index is 13.6. The van der Waals surface area contributed by atoms with Crippen LogP contribution in [-0.2, 0) is 10.2 Å². The molecule has 0 spiro atoms. The number of imide groups is 1. The van der Waals surface area contributed by atoms with Crippen molar-refractivity contribution < 1.29 is 14.0 Å². The van der Waals surface area contributed by atoms with E-state index in [0.29, 0.717) is 11.0 Å². The third kappa shape index (κ3) is 5.60. The zero-order valence-electron chi connectivity index (χ0n) is 17.3. The van der Waals surface area contributed by atoms with E-state index < -0.39 is 17.8 Å². The second kappa shape index (κ2) is 9.17. The summed E-state index contributed by atoms with van der Waals surface area (Å²) in [4.78, 5) is 23.9. The number of carbonyl (C=O) groups is 2. The number of nitrogens with zero attached hydrogens (tertiary/aromatic N) is 3. The van der Waals surface area contributed by atoms with Crippen LogP contribution >= 0.6 is 11.8 Å². The van der Waals surface area contributed by atoms with E-state index >= 15 is 0 Å². The van der Waals surface area contributed by atoms with Gasteiger partial charge in [-0.25, -0.2) is 13.9 Å². The number of aromatic nitrogens is 3. The number of nitrogen functional groups attached to an aromatic ring is 1. The lowest BCUT2D eigenvalue weighted by Crippen LogP contribution is -2.35. The second-order valence-electron chi connectivity index (χ2n) is 7.77. The van der Waals surface area contributed by atoms with Gasteiger partial charge >= 0.3 is 6.03 Å². The minimum Gasteiger partial charge on any atom is -0.335 e. The Hall–Kier alpha value is -3.40. The molecule has 1 aromatic heterocycles. The molecule has 0 bridgehead atoms. The number of urea groups is 1. The molecule has 1 heterocycles. The molecule has 0 saturated carbocycles. The Balaban J connectivity index is 1.58. The van der Waals surface area contributed by atoms with Crippen LogP contribution in [0.4, 0.5) is 14.9 Å². The molecule has 0 fully saturated rings. The number of anilines is 1. The van der Waals surface area contributed by atoms with Crippen molar-refractivity contribution in [3.63, 3.8) is 0 Å². The highest BCUT2D eigenvalue weighted by molar-refractivity contribution is 7.99. The lowest BCUT2D eigenvalue weighted by molar-refractivity contribution is -0.117. The lowest BCUT2D eigenvalue weighted by Gasteiger charge is -2.19. The Labute approximate surface area is 183 Å². The number of benzene rings is 2. The van der Waals surface area contributed by atoms with Gasteiger partial charge in [0.1, 0.15) is 5.82 Å². The molecule has 0 saturated heterocycles. The maximum Gasteiger partial charge on any atom is 0.325 e. The topological polar surface area (TPSA) is 115 Å². The molecule has 0 atom stereocenters. The summed E-state index contributed by atoms with van der Waals surface area (Å²) in [6.45, 7) is 6.39. The fraction of sp³-hybridized carbons (Fsp3) is 0.238. The monoisotopic (exact) mass is 442 g/mol. The summed E-state index contributed by atoms with van der Waals surface area (Å²) < 4.78 is 14.9. The normalized spacial score (nSPS) is 11.2. The number of nitrogens with two attached hydrogens (primary N) is 1. The SMILES string of the molecule is CC(C)(C)c1ccc(-c2nnc(SCC(=O)NC(=O)Nc3ccccc3F)n2N)cc1. The molecular weight excluding hydrogens is 419 g/mol. The van der Waals surface area contributed by atoms with Gasteiger partial charge in [-0.3, -0.25) is 10.1 Å². The second-order valence-corrected chi connectivity index (χ2v) is 8.72. The van der Waals surface area contributed by atoms with Crippen molar-refractivity contribution in [1.29, 1.82) is 0 Å². The summed E-state index contributed by atoms with van der Waals surface area (Å²) in [6, 6.07) is 12.7. The Morgan fingerprint density at radius 1 is 1.10 bits per heavy atom. The van der Waals surface area contributed by atoms with Crippen molar-refractivity contribution in [2.75, 3.05) is 16.9 Å². The predicted octanol–water partition coefficient (Wildman–Crippen LogP) is 3.54. The van der Waals surface area contributed by atoms with E-state index in [1.54, 1.807) is 6.07 Å². The van der Waals surface area contributed by atoms with Gasteiger partial charge < -0.3 is 11.2 Å². The van der Waals surface area contributed by atoms with Gasteiger partial charge in [-0.15, -0.1) is 10.2 Å². The van der Waals surface area contributed by atoms with Crippen molar-refractivity contribution in [1.82, 2.24) is 20.2 Å². The Bertz CT molecular complexity index is 1090. The molecule has 0 aliphatic carbocycles. The highest BCUT2D eigenvalue weighted by atomic mass is 32.2. The fourth-order valence-electron chi connectivity index (χ4n) is 2.70. The van der Waals surface area contributed by atoms with Crippen LogP contribution < -0.4 is 16.5 Å². The predicted molar refractivity (Wildman–Crippen MR) is 119 cm³/mol. The number of amides is 3. The van der Waals surface area contributed by atoms with Crippen molar-refractivity contribution >= 4 is 29.4 Å². The van der Waals surface area contributed by atoms with E-state index in [1.807, 2.05) is 24.3 Å². The van der Waals surface area contributed by atoms with Gasteiger partial charge in [0, 0.05) is 5.56 Å². The van der Waals surface area contributed by atoms with Gasteiger partial charge in [0.15, 0.2) is 5.82 Å². The zero-order chi connectivity index (χ0) is 22.6. The zero-order valence-corrected chi connectivity index (χ0v) is 18.2. The van der Waals surface area contributed by atoms with E-state index in [1.165, 1.54) is 28.4 Å². The average molecular weight is 443 g/mol. The van der Waals surface area contributed by atoms with E-state index in [4.69, 9.17) is 5.84 Å². The molecular formula is C21H23FN6O2S. The maximum absolute atomic E-state index is 13.6. The smallest absolute Gasteiger partial charge is 0.325 e. The molecule has 0 aliphatic heterocycles. The standard InChI is InChI=1S/C21H23FN6O2S/c1-21(2,3)14-10-8-13(9-11-14)18-26-27-20(28(18)23)31-12-17(29)25-19(30)24-16-7-5-4-6-15(16)22/h4-11H,12,23H2,1-3H3,(H2,24,25,29,30). The molecule has 0 aliphatic rings. The average Bonchev–Trinajstić information content (AvgIpc) is 3.08. The first-order valence-electron chi connectivity index (χ1n) is 9.44. The highest BCUT2D eigenvalue weighted by Gasteiger charge is 2.17. The van der Waals surface area contributed by atoms with Crippen LogP contribution in [0.5, 0.6) is 0 Å². The summed E-state index contributed by atoms with van der Waals surface area (Å²) in [5.74, 6) is 5.24.